The zero-order valence-electron chi connectivity index (χ0n) is 9.69. The Balaban J connectivity index is 2.08. The molecule has 1 aliphatic heterocycles. The molecule has 5 nitrogen and oxygen atoms in total. The van der Waals surface area contributed by atoms with Crippen molar-refractivity contribution in [3.05, 3.63) is 23.5 Å². The van der Waals surface area contributed by atoms with Crippen LogP contribution >= 0.6 is 0 Å². The third kappa shape index (κ3) is 2.70. The summed E-state index contributed by atoms with van der Waals surface area (Å²) in [5, 5.41) is 8.73. The molecule has 0 aromatic heterocycles. The van der Waals surface area contributed by atoms with E-state index in [0.29, 0.717) is 19.8 Å². The van der Waals surface area contributed by atoms with Crippen molar-refractivity contribution >= 4 is 11.7 Å². The maximum absolute atomic E-state index is 13.4. The van der Waals surface area contributed by atoms with E-state index in [0.717, 1.165) is 18.6 Å². The van der Waals surface area contributed by atoms with Crippen molar-refractivity contribution in [1.82, 2.24) is 0 Å². The average Bonchev–Trinajstić information content (AvgIpc) is 2.82. The highest BCUT2D eigenvalue weighted by Gasteiger charge is 2.18. The predicted octanol–water partition coefficient (Wildman–Crippen LogP) is 1.52. The van der Waals surface area contributed by atoms with Gasteiger partial charge in [-0.05, 0) is 12.5 Å². The number of carboxylic acids is 1. The molecule has 1 saturated heterocycles. The van der Waals surface area contributed by atoms with E-state index in [2.05, 4.69) is 0 Å². The molecule has 1 aromatic carbocycles. The van der Waals surface area contributed by atoms with Crippen LogP contribution in [0, 0.1) is 11.7 Å². The predicted molar refractivity (Wildman–Crippen MR) is 62.2 cm³/mol. The maximum atomic E-state index is 13.4. The van der Waals surface area contributed by atoms with Gasteiger partial charge in [0, 0.05) is 18.6 Å². The molecule has 0 radical (unpaired) electrons. The van der Waals surface area contributed by atoms with Gasteiger partial charge in [0.25, 0.3) is 0 Å². The number of carbonyl (C=O) groups is 1. The minimum atomic E-state index is -1.35. The summed E-state index contributed by atoms with van der Waals surface area (Å²) in [6, 6.07) is 2.08. The number of nitrogens with two attached hydrogens (primary N) is 1. The number of aromatic carboxylic acids is 1. The van der Waals surface area contributed by atoms with Crippen molar-refractivity contribution in [2.45, 2.75) is 6.42 Å². The highest BCUT2D eigenvalue weighted by atomic mass is 19.1. The van der Waals surface area contributed by atoms with Gasteiger partial charge >= 0.3 is 5.97 Å². The van der Waals surface area contributed by atoms with Crippen molar-refractivity contribution < 1.29 is 23.8 Å². The summed E-state index contributed by atoms with van der Waals surface area (Å²) in [6.07, 6.45) is 0.898. The van der Waals surface area contributed by atoms with E-state index in [9.17, 15) is 9.18 Å². The topological polar surface area (TPSA) is 81.8 Å². The van der Waals surface area contributed by atoms with Crippen molar-refractivity contribution in [3.8, 4) is 5.75 Å². The number of halogens is 1. The van der Waals surface area contributed by atoms with Crippen LogP contribution in [-0.4, -0.2) is 30.9 Å². The molecule has 1 aromatic rings. The number of benzene rings is 1. The van der Waals surface area contributed by atoms with E-state index in [-0.39, 0.29) is 17.4 Å². The summed E-state index contributed by atoms with van der Waals surface area (Å²) in [7, 11) is 0. The summed E-state index contributed by atoms with van der Waals surface area (Å²) >= 11 is 0. The Morgan fingerprint density at radius 1 is 1.61 bits per heavy atom. The molecule has 1 unspecified atom stereocenters. The van der Waals surface area contributed by atoms with E-state index in [1.54, 1.807) is 0 Å². The Hall–Kier alpha value is -1.82. The van der Waals surface area contributed by atoms with E-state index < -0.39 is 17.3 Å². The van der Waals surface area contributed by atoms with Crippen LogP contribution in [0.4, 0.5) is 10.1 Å². The number of rotatable bonds is 4. The molecule has 3 N–H and O–H groups in total. The van der Waals surface area contributed by atoms with Gasteiger partial charge in [0.2, 0.25) is 0 Å². The van der Waals surface area contributed by atoms with Gasteiger partial charge in [0.1, 0.15) is 11.6 Å². The molecule has 1 aliphatic rings. The lowest BCUT2D eigenvalue weighted by Crippen LogP contribution is -2.13. The number of anilines is 1. The van der Waals surface area contributed by atoms with Crippen LogP contribution in [0.5, 0.6) is 5.75 Å². The van der Waals surface area contributed by atoms with Crippen LogP contribution in [-0.2, 0) is 4.74 Å². The van der Waals surface area contributed by atoms with Crippen LogP contribution in [0.15, 0.2) is 12.1 Å². The number of hydrogen-bond donors (Lipinski definition) is 2. The zero-order chi connectivity index (χ0) is 13.1. The summed E-state index contributed by atoms with van der Waals surface area (Å²) in [5.74, 6) is -1.76. The smallest absolute Gasteiger partial charge is 0.338 e. The van der Waals surface area contributed by atoms with Gasteiger partial charge in [-0.15, -0.1) is 0 Å². The monoisotopic (exact) mass is 255 g/mol. The number of hydrogen-bond acceptors (Lipinski definition) is 4. The molecule has 98 valence electrons. The first-order valence-corrected chi connectivity index (χ1v) is 5.60. The lowest BCUT2D eigenvalue weighted by Gasteiger charge is -2.13. The summed E-state index contributed by atoms with van der Waals surface area (Å²) in [4.78, 5) is 10.7. The molecule has 2 rings (SSSR count). The molecule has 1 fully saturated rings. The SMILES string of the molecule is Nc1cc(C(=O)O)c(F)cc1OCC1CCOC1. The highest BCUT2D eigenvalue weighted by molar-refractivity contribution is 5.89. The lowest BCUT2D eigenvalue weighted by molar-refractivity contribution is 0.0692. The molecular formula is C12H14FNO4. The molecule has 0 amide bonds. The molecule has 0 saturated carbocycles. The second-order valence-corrected chi connectivity index (χ2v) is 4.22. The van der Waals surface area contributed by atoms with Gasteiger partial charge in [-0.1, -0.05) is 0 Å². The van der Waals surface area contributed by atoms with E-state index in [4.69, 9.17) is 20.3 Å². The Kier molecular flexibility index (Phi) is 3.66. The second kappa shape index (κ2) is 5.22. The molecule has 18 heavy (non-hydrogen) atoms. The quantitative estimate of drug-likeness (QED) is 0.797. The van der Waals surface area contributed by atoms with Crippen LogP contribution < -0.4 is 10.5 Å². The number of carboxylic acid groups (broad SMARTS) is 1. The molecule has 1 heterocycles. The molecule has 0 bridgehead atoms. The van der Waals surface area contributed by atoms with Gasteiger partial charge in [-0.25, -0.2) is 9.18 Å². The van der Waals surface area contributed by atoms with Crippen molar-refractivity contribution in [3.63, 3.8) is 0 Å². The minimum Gasteiger partial charge on any atom is -0.491 e. The standard InChI is InChI=1S/C12H14FNO4/c13-9-4-11(10(14)3-8(9)12(15)16)18-6-7-1-2-17-5-7/h3-4,7H,1-2,5-6,14H2,(H,15,16). The Morgan fingerprint density at radius 3 is 3.00 bits per heavy atom. The Labute approximate surface area is 103 Å². The van der Waals surface area contributed by atoms with Crippen LogP contribution in [0.3, 0.4) is 0 Å². The van der Waals surface area contributed by atoms with Gasteiger partial charge in [-0.3, -0.25) is 0 Å². The van der Waals surface area contributed by atoms with Gasteiger partial charge < -0.3 is 20.3 Å². The first-order valence-electron chi connectivity index (χ1n) is 5.60. The van der Waals surface area contributed by atoms with Crippen molar-refractivity contribution in [2.75, 3.05) is 25.6 Å². The fourth-order valence-electron chi connectivity index (χ4n) is 1.78. The van der Waals surface area contributed by atoms with Crippen molar-refractivity contribution in [1.29, 1.82) is 0 Å². The number of ether oxygens (including phenoxy) is 2. The molecule has 6 heteroatoms. The van der Waals surface area contributed by atoms with Gasteiger partial charge in [0.05, 0.1) is 24.5 Å². The average molecular weight is 255 g/mol. The zero-order valence-corrected chi connectivity index (χ0v) is 9.69. The molecule has 1 atom stereocenters. The van der Waals surface area contributed by atoms with Crippen LogP contribution in [0.2, 0.25) is 0 Å². The largest absolute Gasteiger partial charge is 0.491 e. The van der Waals surface area contributed by atoms with Gasteiger partial charge in [-0.2, -0.15) is 0 Å². The summed E-state index contributed by atoms with van der Waals surface area (Å²) in [6.45, 7) is 1.71. The van der Waals surface area contributed by atoms with E-state index >= 15 is 0 Å². The minimum absolute atomic E-state index is 0.118. The molecule has 0 spiro atoms. The first kappa shape index (κ1) is 12.6. The van der Waals surface area contributed by atoms with Crippen molar-refractivity contribution in [2.24, 2.45) is 5.92 Å². The summed E-state index contributed by atoms with van der Waals surface area (Å²) in [5.41, 5.74) is 5.29. The Morgan fingerprint density at radius 2 is 2.39 bits per heavy atom. The molecular weight excluding hydrogens is 241 g/mol. The maximum Gasteiger partial charge on any atom is 0.338 e. The third-order valence-corrected chi connectivity index (χ3v) is 2.83. The molecule has 0 aliphatic carbocycles. The lowest BCUT2D eigenvalue weighted by atomic mass is 10.1. The first-order chi connectivity index (χ1) is 8.58. The van der Waals surface area contributed by atoms with Gasteiger partial charge in [0.15, 0.2) is 0 Å². The van der Waals surface area contributed by atoms with Crippen LogP contribution in [0.25, 0.3) is 0 Å². The van der Waals surface area contributed by atoms with E-state index in [1.165, 1.54) is 0 Å². The fraction of sp³-hybridized carbons (Fsp3) is 0.417. The van der Waals surface area contributed by atoms with E-state index in [1.807, 2.05) is 0 Å². The van der Waals surface area contributed by atoms with Crippen LogP contribution in [0.1, 0.15) is 16.8 Å². The fourth-order valence-corrected chi connectivity index (χ4v) is 1.78. The number of nitrogen functional groups attached to an aromatic ring is 1. The second-order valence-electron chi connectivity index (χ2n) is 4.22. The Bertz CT molecular complexity index is 458. The summed E-state index contributed by atoms with van der Waals surface area (Å²) < 4.78 is 24.0. The normalized spacial score (nSPS) is 18.8. The third-order valence-electron chi connectivity index (χ3n) is 2.83. The highest BCUT2D eigenvalue weighted by Crippen LogP contribution is 2.26.